The largest absolute Gasteiger partial charge is 0.468 e. The van der Waals surface area contributed by atoms with E-state index in [9.17, 15) is 4.79 Å². The number of esters is 1. The van der Waals surface area contributed by atoms with Crippen LogP contribution in [0.2, 0.25) is 0 Å². The van der Waals surface area contributed by atoms with E-state index in [0.717, 1.165) is 12.8 Å². The molecule has 0 aromatic heterocycles. The smallest absolute Gasteiger partial charge is 0.324 e. The maximum Gasteiger partial charge on any atom is 0.324 e. The van der Waals surface area contributed by atoms with E-state index in [1.54, 1.807) is 0 Å². The van der Waals surface area contributed by atoms with Gasteiger partial charge in [0.1, 0.15) is 6.04 Å². The highest BCUT2D eigenvalue weighted by Crippen LogP contribution is 2.17. The minimum Gasteiger partial charge on any atom is -0.468 e. The molecule has 0 heterocycles. The first-order chi connectivity index (χ1) is 7.27. The molecule has 1 atom stereocenters. The molecule has 0 amide bonds. The SMILES string of the molecule is COC(=O)C(CN)NC1CCCCCC1. The molecule has 4 heteroatoms. The van der Waals surface area contributed by atoms with E-state index in [2.05, 4.69) is 5.32 Å². The maximum absolute atomic E-state index is 11.3. The molecule has 0 bridgehead atoms. The second-order valence-electron chi connectivity index (χ2n) is 4.17. The Bertz CT molecular complexity index is 189. The molecule has 1 saturated carbocycles. The van der Waals surface area contributed by atoms with Crippen molar-refractivity contribution < 1.29 is 9.53 Å². The van der Waals surface area contributed by atoms with Crippen LogP contribution in [0.15, 0.2) is 0 Å². The molecule has 0 saturated heterocycles. The summed E-state index contributed by atoms with van der Waals surface area (Å²) < 4.78 is 4.69. The fraction of sp³-hybridized carbons (Fsp3) is 0.909. The van der Waals surface area contributed by atoms with Crippen molar-refractivity contribution >= 4 is 5.97 Å². The zero-order valence-electron chi connectivity index (χ0n) is 9.50. The van der Waals surface area contributed by atoms with Gasteiger partial charge in [-0.3, -0.25) is 4.79 Å². The van der Waals surface area contributed by atoms with Gasteiger partial charge in [0.2, 0.25) is 0 Å². The lowest BCUT2D eigenvalue weighted by Gasteiger charge is -2.21. The minimum atomic E-state index is -0.335. The summed E-state index contributed by atoms with van der Waals surface area (Å²) in [7, 11) is 1.40. The molecule has 0 aromatic carbocycles. The van der Waals surface area contributed by atoms with Crippen LogP contribution >= 0.6 is 0 Å². The minimum absolute atomic E-state index is 0.248. The third-order valence-corrected chi connectivity index (χ3v) is 3.01. The number of nitrogens with one attached hydrogen (secondary N) is 1. The zero-order valence-corrected chi connectivity index (χ0v) is 9.50. The molecule has 0 aromatic rings. The normalized spacial score (nSPS) is 20.7. The van der Waals surface area contributed by atoms with Crippen LogP contribution in [0.5, 0.6) is 0 Å². The molecule has 88 valence electrons. The van der Waals surface area contributed by atoms with Crippen LogP contribution in [0.1, 0.15) is 38.5 Å². The van der Waals surface area contributed by atoms with Gasteiger partial charge in [0, 0.05) is 12.6 Å². The summed E-state index contributed by atoms with van der Waals surface area (Å²) >= 11 is 0. The molecule has 0 radical (unpaired) electrons. The van der Waals surface area contributed by atoms with Gasteiger partial charge in [0.15, 0.2) is 0 Å². The first-order valence-electron chi connectivity index (χ1n) is 5.82. The summed E-state index contributed by atoms with van der Waals surface area (Å²) in [4.78, 5) is 11.3. The van der Waals surface area contributed by atoms with Gasteiger partial charge in [0.25, 0.3) is 0 Å². The predicted molar refractivity (Wildman–Crippen MR) is 59.5 cm³/mol. The molecule has 15 heavy (non-hydrogen) atoms. The lowest BCUT2D eigenvalue weighted by molar-refractivity contribution is -0.143. The summed E-state index contributed by atoms with van der Waals surface area (Å²) in [5.41, 5.74) is 5.54. The van der Waals surface area contributed by atoms with Crippen LogP contribution in [0, 0.1) is 0 Å². The highest BCUT2D eigenvalue weighted by molar-refractivity contribution is 5.75. The lowest BCUT2D eigenvalue weighted by Crippen LogP contribution is -2.48. The van der Waals surface area contributed by atoms with E-state index < -0.39 is 0 Å². The molecule has 0 aliphatic heterocycles. The highest BCUT2D eigenvalue weighted by atomic mass is 16.5. The van der Waals surface area contributed by atoms with E-state index in [0.29, 0.717) is 12.6 Å². The molecule has 1 fully saturated rings. The fourth-order valence-electron chi connectivity index (χ4n) is 2.11. The van der Waals surface area contributed by atoms with Crippen LogP contribution in [0.3, 0.4) is 0 Å². The van der Waals surface area contributed by atoms with Crippen molar-refractivity contribution in [3.8, 4) is 0 Å². The average molecular weight is 214 g/mol. The van der Waals surface area contributed by atoms with E-state index in [1.807, 2.05) is 0 Å². The standard InChI is InChI=1S/C11H22N2O2/c1-15-11(14)10(8-12)13-9-6-4-2-3-5-7-9/h9-10,13H,2-8,12H2,1H3. The second kappa shape index (κ2) is 6.80. The number of hydrogen-bond acceptors (Lipinski definition) is 4. The highest BCUT2D eigenvalue weighted by Gasteiger charge is 2.21. The first-order valence-corrected chi connectivity index (χ1v) is 5.82. The first kappa shape index (κ1) is 12.5. The number of carbonyl (C=O) groups excluding carboxylic acids is 1. The summed E-state index contributed by atoms with van der Waals surface area (Å²) in [6.45, 7) is 0.309. The van der Waals surface area contributed by atoms with Crippen LogP contribution in [-0.4, -0.2) is 31.7 Å². The van der Waals surface area contributed by atoms with Gasteiger partial charge in [-0.1, -0.05) is 25.7 Å². The van der Waals surface area contributed by atoms with Crippen molar-refractivity contribution in [2.75, 3.05) is 13.7 Å². The van der Waals surface area contributed by atoms with Gasteiger partial charge >= 0.3 is 5.97 Å². The van der Waals surface area contributed by atoms with Crippen LogP contribution in [-0.2, 0) is 9.53 Å². The average Bonchev–Trinajstić information content (AvgIpc) is 2.53. The molecular formula is C11H22N2O2. The predicted octanol–water partition coefficient (Wildman–Crippen LogP) is 0.799. The van der Waals surface area contributed by atoms with Crippen molar-refractivity contribution in [1.29, 1.82) is 0 Å². The van der Waals surface area contributed by atoms with Gasteiger partial charge in [0.05, 0.1) is 7.11 Å². The maximum atomic E-state index is 11.3. The van der Waals surface area contributed by atoms with E-state index in [-0.39, 0.29) is 12.0 Å². The Morgan fingerprint density at radius 1 is 1.40 bits per heavy atom. The second-order valence-corrected chi connectivity index (χ2v) is 4.17. The molecule has 1 unspecified atom stereocenters. The summed E-state index contributed by atoms with van der Waals surface area (Å²) in [5, 5.41) is 3.30. The van der Waals surface area contributed by atoms with Crippen molar-refractivity contribution in [1.82, 2.24) is 5.32 Å². The third-order valence-electron chi connectivity index (χ3n) is 3.01. The van der Waals surface area contributed by atoms with Crippen molar-refractivity contribution in [3.63, 3.8) is 0 Å². The molecule has 1 aliphatic carbocycles. The molecule has 0 spiro atoms. The Hall–Kier alpha value is -0.610. The monoisotopic (exact) mass is 214 g/mol. The van der Waals surface area contributed by atoms with Gasteiger partial charge < -0.3 is 15.8 Å². The van der Waals surface area contributed by atoms with Crippen molar-refractivity contribution in [2.24, 2.45) is 5.73 Å². The van der Waals surface area contributed by atoms with Crippen LogP contribution < -0.4 is 11.1 Å². The molecule has 1 aliphatic rings. The number of methoxy groups -OCH3 is 1. The number of ether oxygens (including phenoxy) is 1. The Morgan fingerprint density at radius 2 is 2.00 bits per heavy atom. The van der Waals surface area contributed by atoms with Crippen molar-refractivity contribution in [2.45, 2.75) is 50.6 Å². The topological polar surface area (TPSA) is 64.3 Å². The summed E-state index contributed by atoms with van der Waals surface area (Å²) in [6, 6.07) is 0.0956. The Labute approximate surface area is 91.5 Å². The van der Waals surface area contributed by atoms with Crippen molar-refractivity contribution in [3.05, 3.63) is 0 Å². The molecule has 1 rings (SSSR count). The molecular weight excluding hydrogens is 192 g/mol. The summed E-state index contributed by atoms with van der Waals surface area (Å²) in [6.07, 6.45) is 7.40. The number of rotatable bonds is 4. The van der Waals surface area contributed by atoms with Gasteiger partial charge in [-0.25, -0.2) is 0 Å². The van der Waals surface area contributed by atoms with E-state index in [4.69, 9.17) is 10.5 Å². The quantitative estimate of drug-likeness (QED) is 0.536. The number of nitrogens with two attached hydrogens (primary N) is 1. The van der Waals surface area contributed by atoms with Gasteiger partial charge in [-0.05, 0) is 12.8 Å². The summed E-state index contributed by atoms with van der Waals surface area (Å²) in [5.74, 6) is -0.248. The number of carbonyl (C=O) groups is 1. The zero-order chi connectivity index (χ0) is 11.1. The Balaban J connectivity index is 2.38. The molecule has 3 N–H and O–H groups in total. The van der Waals surface area contributed by atoms with Crippen LogP contribution in [0.4, 0.5) is 0 Å². The van der Waals surface area contributed by atoms with Crippen LogP contribution in [0.25, 0.3) is 0 Å². The van der Waals surface area contributed by atoms with E-state index in [1.165, 1.54) is 32.8 Å². The lowest BCUT2D eigenvalue weighted by atomic mass is 10.1. The fourth-order valence-corrected chi connectivity index (χ4v) is 2.11. The third kappa shape index (κ3) is 4.18. The van der Waals surface area contributed by atoms with Gasteiger partial charge in [-0.2, -0.15) is 0 Å². The molecule has 4 nitrogen and oxygen atoms in total. The number of hydrogen-bond donors (Lipinski definition) is 2. The van der Waals surface area contributed by atoms with E-state index >= 15 is 0 Å². The Kier molecular flexibility index (Phi) is 5.65. The van der Waals surface area contributed by atoms with Gasteiger partial charge in [-0.15, -0.1) is 0 Å². The Morgan fingerprint density at radius 3 is 2.47 bits per heavy atom.